The molecule has 1 heterocycles. The van der Waals surface area contributed by atoms with Crippen LogP contribution in [0.25, 0.3) is 16.5 Å². The Bertz CT molecular complexity index is 1020. The second-order valence-electron chi connectivity index (χ2n) is 6.17. The zero-order chi connectivity index (χ0) is 17.6. The Morgan fingerprint density at radius 1 is 0.793 bits per heavy atom. The SMILES string of the molecule is [Cl-].[Cl-].[Zr+4].c1ccc(C[c-]2cccc2)cc1.c1ccc2[cH-]c(-n3cnnc3)cc2c1. The maximum absolute atomic E-state index is 3.78. The van der Waals surface area contributed by atoms with Gasteiger partial charge in [0.25, 0.3) is 0 Å². The van der Waals surface area contributed by atoms with Crippen LogP contribution < -0.4 is 24.8 Å². The first kappa shape index (κ1) is 25.0. The van der Waals surface area contributed by atoms with Crippen LogP contribution in [0.5, 0.6) is 0 Å². The fraction of sp³-hybridized carbons (Fsp3) is 0.0435. The van der Waals surface area contributed by atoms with Crippen LogP contribution in [-0.2, 0) is 32.6 Å². The van der Waals surface area contributed by atoms with Crippen molar-refractivity contribution in [2.75, 3.05) is 0 Å². The Hall–Kier alpha value is -2.00. The van der Waals surface area contributed by atoms with Crippen LogP contribution in [0.2, 0.25) is 0 Å². The number of rotatable bonds is 3. The van der Waals surface area contributed by atoms with Gasteiger partial charge in [-0.25, -0.2) is 12.1 Å². The van der Waals surface area contributed by atoms with Crippen molar-refractivity contribution >= 4 is 10.8 Å². The minimum absolute atomic E-state index is 0. The largest absolute Gasteiger partial charge is 4.00 e. The quantitative estimate of drug-likeness (QED) is 0.303. The minimum Gasteiger partial charge on any atom is -1.00 e. The predicted octanol–water partition coefficient (Wildman–Crippen LogP) is -0.859. The smallest absolute Gasteiger partial charge is 1.00 e. The molecule has 0 aliphatic heterocycles. The van der Waals surface area contributed by atoms with Crippen molar-refractivity contribution in [2.24, 2.45) is 0 Å². The summed E-state index contributed by atoms with van der Waals surface area (Å²) in [5, 5.41) is 10.1. The third kappa shape index (κ3) is 6.78. The maximum atomic E-state index is 3.78. The van der Waals surface area contributed by atoms with Gasteiger partial charge in [0.2, 0.25) is 0 Å². The molecule has 5 aromatic rings. The van der Waals surface area contributed by atoms with Crippen molar-refractivity contribution < 1.29 is 51.0 Å². The van der Waals surface area contributed by atoms with Crippen LogP contribution in [0, 0.1) is 0 Å². The molecule has 3 nitrogen and oxygen atoms in total. The fourth-order valence-electron chi connectivity index (χ4n) is 2.98. The molecule has 1 aromatic heterocycles. The zero-order valence-corrected chi connectivity index (χ0v) is 19.6. The Labute approximate surface area is 202 Å². The van der Waals surface area contributed by atoms with E-state index < -0.39 is 0 Å². The van der Waals surface area contributed by atoms with Crippen molar-refractivity contribution in [3.05, 3.63) is 115 Å². The molecule has 4 aromatic carbocycles. The molecule has 29 heavy (non-hydrogen) atoms. The molecule has 0 atom stereocenters. The molecule has 0 bridgehead atoms. The van der Waals surface area contributed by atoms with Gasteiger partial charge in [-0.3, -0.25) is 0 Å². The van der Waals surface area contributed by atoms with Gasteiger partial charge in [-0.2, -0.15) is 17.7 Å². The molecular formula is C23H19Cl2N3Zr. The second-order valence-corrected chi connectivity index (χ2v) is 6.17. The minimum atomic E-state index is 0. The van der Waals surface area contributed by atoms with Gasteiger partial charge >= 0.3 is 26.2 Å². The standard InChI is InChI=1S/C12H11.C11H8N3.2ClH.Zr/c1-2-6-11(7-3-1)10-12-8-4-5-9-12;1-2-4-10-6-11(5-9(10)3-1)14-7-12-13-8-14;;;/h1-9H,10H2;1-8H;2*1H;/q2*-1;;;+4/p-2. The Kier molecular flexibility index (Phi) is 10.8. The van der Waals surface area contributed by atoms with Crippen molar-refractivity contribution in [1.82, 2.24) is 14.8 Å². The van der Waals surface area contributed by atoms with Crippen LogP contribution >= 0.6 is 0 Å². The van der Waals surface area contributed by atoms with Gasteiger partial charge in [0, 0.05) is 0 Å². The molecule has 5 rings (SSSR count). The van der Waals surface area contributed by atoms with E-state index in [9.17, 15) is 0 Å². The number of aromatic nitrogens is 3. The number of nitrogens with zero attached hydrogens (tertiary/aromatic N) is 3. The summed E-state index contributed by atoms with van der Waals surface area (Å²) in [7, 11) is 0. The maximum Gasteiger partial charge on any atom is 4.00 e. The van der Waals surface area contributed by atoms with Gasteiger partial charge in [-0.15, -0.1) is 51.3 Å². The second kappa shape index (κ2) is 12.5. The van der Waals surface area contributed by atoms with E-state index in [1.165, 1.54) is 21.9 Å². The molecule has 0 N–H and O–H groups in total. The molecule has 0 radical (unpaired) electrons. The van der Waals surface area contributed by atoms with E-state index in [0.29, 0.717) is 0 Å². The van der Waals surface area contributed by atoms with Gasteiger partial charge in [0.1, 0.15) is 12.7 Å². The molecule has 6 heteroatoms. The molecule has 0 amide bonds. The topological polar surface area (TPSA) is 30.7 Å². The van der Waals surface area contributed by atoms with E-state index in [1.807, 2.05) is 16.7 Å². The first-order valence-corrected chi connectivity index (χ1v) is 8.63. The van der Waals surface area contributed by atoms with E-state index >= 15 is 0 Å². The zero-order valence-electron chi connectivity index (χ0n) is 15.6. The first-order valence-electron chi connectivity index (χ1n) is 8.63. The molecule has 0 saturated heterocycles. The molecule has 0 aliphatic carbocycles. The van der Waals surface area contributed by atoms with E-state index in [-0.39, 0.29) is 51.0 Å². The van der Waals surface area contributed by atoms with E-state index in [4.69, 9.17) is 0 Å². The number of hydrogen-bond acceptors (Lipinski definition) is 2. The van der Waals surface area contributed by atoms with E-state index in [2.05, 4.69) is 89.1 Å². The molecule has 144 valence electrons. The molecule has 0 aliphatic rings. The van der Waals surface area contributed by atoms with Gasteiger partial charge in [-0.05, 0) is 12.1 Å². The molecule has 0 unspecified atom stereocenters. The number of benzene rings is 2. The van der Waals surface area contributed by atoms with Crippen molar-refractivity contribution in [2.45, 2.75) is 6.42 Å². The average molecular weight is 500 g/mol. The molecule has 0 fully saturated rings. The van der Waals surface area contributed by atoms with Gasteiger partial charge in [0.05, 0.1) is 0 Å². The normalized spacial score (nSPS) is 9.38. The molecular weight excluding hydrogens is 480 g/mol. The monoisotopic (exact) mass is 497 g/mol. The summed E-state index contributed by atoms with van der Waals surface area (Å²) in [6, 6.07) is 31.5. The van der Waals surface area contributed by atoms with Crippen molar-refractivity contribution in [3.63, 3.8) is 0 Å². The average Bonchev–Trinajstić information content (AvgIpc) is 3.44. The third-order valence-corrected chi connectivity index (χ3v) is 4.30. The molecule has 0 spiro atoms. The summed E-state index contributed by atoms with van der Waals surface area (Å²) >= 11 is 0. The Morgan fingerprint density at radius 3 is 2.07 bits per heavy atom. The fourth-order valence-corrected chi connectivity index (χ4v) is 2.98. The molecule has 0 saturated carbocycles. The summed E-state index contributed by atoms with van der Waals surface area (Å²) in [5.74, 6) is 0. The summed E-state index contributed by atoms with van der Waals surface area (Å²) in [5.41, 5.74) is 3.88. The van der Waals surface area contributed by atoms with Crippen molar-refractivity contribution in [3.8, 4) is 5.69 Å². The van der Waals surface area contributed by atoms with Crippen molar-refractivity contribution in [1.29, 1.82) is 0 Å². The number of fused-ring (bicyclic) bond motifs is 1. The van der Waals surface area contributed by atoms with Crippen LogP contribution in [0.3, 0.4) is 0 Å². The number of halogens is 2. The summed E-state index contributed by atoms with van der Waals surface area (Å²) in [6.45, 7) is 0. The Balaban J connectivity index is 0.000000266. The van der Waals surface area contributed by atoms with Gasteiger partial charge < -0.3 is 29.4 Å². The van der Waals surface area contributed by atoms with Gasteiger partial charge in [0.15, 0.2) is 0 Å². The van der Waals surface area contributed by atoms with Crippen LogP contribution in [0.15, 0.2) is 104 Å². The predicted molar refractivity (Wildman–Crippen MR) is 106 cm³/mol. The summed E-state index contributed by atoms with van der Waals surface area (Å²) in [6.07, 6.45) is 4.45. The van der Waals surface area contributed by atoms with Crippen LogP contribution in [-0.4, -0.2) is 14.8 Å². The summed E-state index contributed by atoms with van der Waals surface area (Å²) < 4.78 is 1.90. The van der Waals surface area contributed by atoms with E-state index in [0.717, 1.165) is 12.1 Å². The Morgan fingerprint density at radius 2 is 1.41 bits per heavy atom. The third-order valence-electron chi connectivity index (χ3n) is 4.30. The summed E-state index contributed by atoms with van der Waals surface area (Å²) in [4.78, 5) is 0. The van der Waals surface area contributed by atoms with Gasteiger partial charge in [-0.1, -0.05) is 42.0 Å². The first-order chi connectivity index (χ1) is 12.9. The van der Waals surface area contributed by atoms with Crippen LogP contribution in [0.1, 0.15) is 11.1 Å². The van der Waals surface area contributed by atoms with Crippen LogP contribution in [0.4, 0.5) is 0 Å². The van der Waals surface area contributed by atoms with E-state index in [1.54, 1.807) is 12.7 Å². The number of hydrogen-bond donors (Lipinski definition) is 0.